The van der Waals surface area contributed by atoms with Crippen LogP contribution in [-0.4, -0.2) is 16.9 Å². The number of furan rings is 1. The van der Waals surface area contributed by atoms with E-state index in [9.17, 15) is 9.59 Å². The van der Waals surface area contributed by atoms with Crippen molar-refractivity contribution >= 4 is 58.0 Å². The lowest BCUT2D eigenvalue weighted by Crippen LogP contribution is -2.34. The molecule has 0 bridgehead atoms. The number of carbonyl (C=O) groups is 2. The van der Waals surface area contributed by atoms with Gasteiger partial charge in [-0.25, -0.2) is 0 Å². The minimum Gasteiger partial charge on any atom is -0.451 e. The van der Waals surface area contributed by atoms with Crippen LogP contribution in [0.4, 0.5) is 5.69 Å². The lowest BCUT2D eigenvalue weighted by atomic mass is 10.1. The van der Waals surface area contributed by atoms with Crippen molar-refractivity contribution in [3.05, 3.63) is 76.0 Å². The van der Waals surface area contributed by atoms with E-state index < -0.39 is 11.8 Å². The Morgan fingerprint density at radius 3 is 2.54 bits per heavy atom. The molecule has 9 heteroatoms. The van der Waals surface area contributed by atoms with Gasteiger partial charge in [-0.1, -0.05) is 35.3 Å². The maximum Gasteiger partial charge on any atom is 0.293 e. The molecule has 0 aliphatic carbocycles. The molecule has 1 aromatic heterocycles. The highest BCUT2D eigenvalue weighted by Gasteiger charge is 2.16. The van der Waals surface area contributed by atoms with Crippen molar-refractivity contribution in [1.29, 1.82) is 0 Å². The minimum atomic E-state index is -0.619. The maximum absolute atomic E-state index is 12.4. The third kappa shape index (κ3) is 4.51. The summed E-state index contributed by atoms with van der Waals surface area (Å²) in [5.74, 6) is -0.779. The molecule has 0 saturated heterocycles. The Morgan fingerprint density at radius 2 is 1.79 bits per heavy atom. The molecular formula is C19H13Cl2N3O3S. The molecule has 0 unspecified atom stereocenters. The molecule has 2 aromatic carbocycles. The summed E-state index contributed by atoms with van der Waals surface area (Å²) in [5, 5.41) is 6.15. The molecule has 28 heavy (non-hydrogen) atoms. The van der Waals surface area contributed by atoms with Crippen molar-refractivity contribution in [1.82, 2.24) is 5.32 Å². The van der Waals surface area contributed by atoms with Crippen LogP contribution in [0.5, 0.6) is 0 Å². The second-order valence-electron chi connectivity index (χ2n) is 5.61. The van der Waals surface area contributed by atoms with E-state index in [0.29, 0.717) is 27.1 Å². The Labute approximate surface area is 175 Å². The first-order valence-corrected chi connectivity index (χ1v) is 9.08. The highest BCUT2D eigenvalue weighted by molar-refractivity contribution is 7.80. The van der Waals surface area contributed by atoms with Crippen LogP contribution in [0.2, 0.25) is 10.0 Å². The van der Waals surface area contributed by atoms with Gasteiger partial charge in [0.1, 0.15) is 5.76 Å². The summed E-state index contributed by atoms with van der Waals surface area (Å²) in [5.41, 5.74) is 6.50. The number of rotatable bonds is 4. The van der Waals surface area contributed by atoms with Crippen LogP contribution < -0.4 is 16.4 Å². The number of thiocarbonyl (C=S) groups is 1. The number of nitrogens with two attached hydrogens (primary N) is 1. The molecule has 0 atom stereocenters. The predicted octanol–water partition coefficient (Wildman–Crippen LogP) is 4.48. The van der Waals surface area contributed by atoms with Crippen LogP contribution in [0.25, 0.3) is 11.3 Å². The molecule has 1 heterocycles. The number of anilines is 1. The molecule has 142 valence electrons. The smallest absolute Gasteiger partial charge is 0.293 e. The summed E-state index contributed by atoms with van der Waals surface area (Å²) < 4.78 is 5.56. The maximum atomic E-state index is 12.4. The Morgan fingerprint density at radius 1 is 1.04 bits per heavy atom. The standard InChI is InChI=1S/C19H13Cl2N3O3S/c20-10-5-6-13(21)12(9-10)15-7-8-16(27-15)18(26)24-19(28)23-14-4-2-1-3-11(14)17(22)25/h1-9H,(H2,22,25)(H2,23,24,26,28). The zero-order chi connectivity index (χ0) is 20.3. The first-order valence-electron chi connectivity index (χ1n) is 7.91. The molecule has 0 aliphatic rings. The molecule has 0 saturated carbocycles. The van der Waals surface area contributed by atoms with Gasteiger partial charge >= 0.3 is 0 Å². The Hall–Kier alpha value is -2.87. The van der Waals surface area contributed by atoms with Crippen LogP contribution in [-0.2, 0) is 0 Å². The third-order valence-corrected chi connectivity index (χ3v) is 4.46. The molecule has 2 amide bonds. The molecule has 4 N–H and O–H groups in total. The van der Waals surface area contributed by atoms with E-state index in [1.54, 1.807) is 48.5 Å². The van der Waals surface area contributed by atoms with Crippen LogP contribution >= 0.6 is 35.4 Å². The first-order chi connectivity index (χ1) is 13.3. The van der Waals surface area contributed by atoms with Crippen LogP contribution in [0.1, 0.15) is 20.9 Å². The van der Waals surface area contributed by atoms with Gasteiger partial charge in [0.05, 0.1) is 16.3 Å². The number of halogens is 2. The number of primary amides is 1. The van der Waals surface area contributed by atoms with Crippen molar-refractivity contribution in [3.8, 4) is 11.3 Å². The first kappa shape index (κ1) is 19.9. The fraction of sp³-hybridized carbons (Fsp3) is 0. The van der Waals surface area contributed by atoms with Crippen molar-refractivity contribution in [2.75, 3.05) is 5.32 Å². The van der Waals surface area contributed by atoms with E-state index in [1.807, 2.05) is 0 Å². The fourth-order valence-electron chi connectivity index (χ4n) is 2.42. The van der Waals surface area contributed by atoms with Gasteiger partial charge < -0.3 is 15.5 Å². The number of para-hydroxylation sites is 1. The van der Waals surface area contributed by atoms with Crippen molar-refractivity contribution in [2.45, 2.75) is 0 Å². The highest BCUT2D eigenvalue weighted by Crippen LogP contribution is 2.31. The summed E-state index contributed by atoms with van der Waals surface area (Å²) >= 11 is 17.2. The second-order valence-corrected chi connectivity index (χ2v) is 6.86. The zero-order valence-electron chi connectivity index (χ0n) is 14.2. The average Bonchev–Trinajstić information content (AvgIpc) is 3.14. The number of amides is 2. The predicted molar refractivity (Wildman–Crippen MR) is 113 cm³/mol. The van der Waals surface area contributed by atoms with Gasteiger partial charge in [-0.05, 0) is 54.7 Å². The van der Waals surface area contributed by atoms with E-state index in [0.717, 1.165) is 0 Å². The van der Waals surface area contributed by atoms with Gasteiger partial charge in [-0.2, -0.15) is 0 Å². The van der Waals surface area contributed by atoms with Crippen molar-refractivity contribution in [3.63, 3.8) is 0 Å². The molecule has 0 aliphatic heterocycles. The average molecular weight is 434 g/mol. The molecular weight excluding hydrogens is 421 g/mol. The lowest BCUT2D eigenvalue weighted by molar-refractivity contribution is 0.0950. The third-order valence-electron chi connectivity index (χ3n) is 3.69. The highest BCUT2D eigenvalue weighted by atomic mass is 35.5. The van der Waals surface area contributed by atoms with Crippen molar-refractivity contribution < 1.29 is 14.0 Å². The number of hydrogen-bond acceptors (Lipinski definition) is 4. The lowest BCUT2D eigenvalue weighted by Gasteiger charge is -2.11. The van der Waals surface area contributed by atoms with Gasteiger partial charge in [-0.3, -0.25) is 14.9 Å². The normalized spacial score (nSPS) is 10.4. The van der Waals surface area contributed by atoms with Gasteiger partial charge in [-0.15, -0.1) is 0 Å². The molecule has 0 spiro atoms. The molecule has 3 aromatic rings. The van der Waals surface area contributed by atoms with Crippen molar-refractivity contribution in [2.24, 2.45) is 5.73 Å². The van der Waals surface area contributed by atoms with Gasteiger partial charge in [0.25, 0.3) is 11.8 Å². The topological polar surface area (TPSA) is 97.4 Å². The summed E-state index contributed by atoms with van der Waals surface area (Å²) in [7, 11) is 0. The van der Waals surface area contributed by atoms with Crippen LogP contribution in [0.3, 0.4) is 0 Å². The Bertz CT molecular complexity index is 1080. The van der Waals surface area contributed by atoms with Crippen LogP contribution in [0.15, 0.2) is 59.0 Å². The quantitative estimate of drug-likeness (QED) is 0.526. The van der Waals surface area contributed by atoms with Gasteiger partial charge in [0, 0.05) is 10.6 Å². The second kappa shape index (κ2) is 8.43. The van der Waals surface area contributed by atoms with Crippen LogP contribution in [0, 0.1) is 0 Å². The largest absolute Gasteiger partial charge is 0.451 e. The Kier molecular flexibility index (Phi) is 5.99. The van der Waals surface area contributed by atoms with E-state index in [2.05, 4.69) is 10.6 Å². The zero-order valence-corrected chi connectivity index (χ0v) is 16.5. The van der Waals surface area contributed by atoms with Gasteiger partial charge in [0.15, 0.2) is 10.9 Å². The van der Waals surface area contributed by atoms with E-state index in [-0.39, 0.29) is 16.4 Å². The van der Waals surface area contributed by atoms with Gasteiger partial charge in [0.2, 0.25) is 0 Å². The summed E-state index contributed by atoms with van der Waals surface area (Å²) in [4.78, 5) is 23.8. The number of carbonyl (C=O) groups excluding carboxylic acids is 2. The molecule has 3 rings (SSSR count). The van der Waals surface area contributed by atoms with E-state index in [1.165, 1.54) is 6.07 Å². The minimum absolute atomic E-state index is 0.0163. The monoisotopic (exact) mass is 433 g/mol. The SMILES string of the molecule is NC(=O)c1ccccc1NC(=S)NC(=O)c1ccc(-c2cc(Cl)ccc2Cl)o1. The van der Waals surface area contributed by atoms with E-state index >= 15 is 0 Å². The van der Waals surface area contributed by atoms with E-state index in [4.69, 9.17) is 45.6 Å². The molecule has 0 fully saturated rings. The molecule has 6 nitrogen and oxygen atoms in total. The summed E-state index contributed by atoms with van der Waals surface area (Å²) in [6.07, 6.45) is 0. The summed E-state index contributed by atoms with van der Waals surface area (Å²) in [6, 6.07) is 14.5. The fourth-order valence-corrected chi connectivity index (χ4v) is 3.00. The molecule has 0 radical (unpaired) electrons. The number of hydrogen-bond donors (Lipinski definition) is 3. The summed E-state index contributed by atoms with van der Waals surface area (Å²) in [6.45, 7) is 0. The number of nitrogens with one attached hydrogen (secondary N) is 2. The number of benzene rings is 2. The Balaban J connectivity index is 1.72.